The van der Waals surface area contributed by atoms with Crippen molar-refractivity contribution in [2.75, 3.05) is 25.9 Å². The molecule has 0 radical (unpaired) electrons. The van der Waals surface area contributed by atoms with Gasteiger partial charge >= 0.3 is 5.97 Å². The molecule has 2 N–H and O–H groups in total. The van der Waals surface area contributed by atoms with E-state index in [0.717, 1.165) is 12.5 Å². The molecule has 0 aromatic heterocycles. The number of nitrogens with zero attached hydrogens (tertiary/aromatic N) is 1. The number of carbonyl (C=O) groups is 1. The molecular formula is C14H28IN3O2S. The van der Waals surface area contributed by atoms with E-state index in [0.29, 0.717) is 17.7 Å². The molecule has 0 spiro atoms. The predicted octanol–water partition coefficient (Wildman–Crippen LogP) is 2.40. The molecule has 1 saturated heterocycles. The lowest BCUT2D eigenvalue weighted by molar-refractivity contribution is -0.147. The minimum atomic E-state index is -0.179. The van der Waals surface area contributed by atoms with Gasteiger partial charge in [0.25, 0.3) is 0 Å². The fourth-order valence-electron chi connectivity index (χ4n) is 2.07. The summed E-state index contributed by atoms with van der Waals surface area (Å²) < 4.78 is 5.38. The van der Waals surface area contributed by atoms with Crippen molar-refractivity contribution in [3.05, 3.63) is 0 Å². The number of hydrogen-bond acceptors (Lipinski definition) is 4. The summed E-state index contributed by atoms with van der Waals surface area (Å²) in [4.78, 5) is 15.6. The molecule has 1 fully saturated rings. The zero-order chi connectivity index (χ0) is 15.0. The van der Waals surface area contributed by atoms with Gasteiger partial charge < -0.3 is 15.4 Å². The van der Waals surface area contributed by atoms with Crippen LogP contribution in [0.25, 0.3) is 0 Å². The molecule has 0 aliphatic carbocycles. The number of esters is 1. The Hall–Kier alpha value is -0.180. The van der Waals surface area contributed by atoms with E-state index in [1.54, 1.807) is 7.05 Å². The van der Waals surface area contributed by atoms with E-state index in [2.05, 4.69) is 22.5 Å². The van der Waals surface area contributed by atoms with E-state index < -0.39 is 0 Å². The third-order valence-corrected chi connectivity index (χ3v) is 4.68. The van der Waals surface area contributed by atoms with Crippen LogP contribution in [0.5, 0.6) is 0 Å². The fraction of sp³-hybridized carbons (Fsp3) is 0.857. The number of halogens is 1. The fourth-order valence-corrected chi connectivity index (χ4v) is 3.32. The largest absolute Gasteiger partial charge is 0.463 e. The second-order valence-corrected chi connectivity index (χ2v) is 7.23. The van der Waals surface area contributed by atoms with Crippen molar-refractivity contribution in [1.82, 2.24) is 10.6 Å². The van der Waals surface area contributed by atoms with Gasteiger partial charge in [-0.25, -0.2) is 0 Å². The zero-order valence-corrected chi connectivity index (χ0v) is 16.5. The van der Waals surface area contributed by atoms with Crippen molar-refractivity contribution in [1.29, 1.82) is 0 Å². The van der Waals surface area contributed by atoms with E-state index in [1.165, 1.54) is 18.6 Å². The monoisotopic (exact) mass is 429 g/mol. The van der Waals surface area contributed by atoms with Crippen molar-refractivity contribution < 1.29 is 9.53 Å². The highest BCUT2D eigenvalue weighted by Crippen LogP contribution is 2.36. The molecule has 1 aliphatic heterocycles. The lowest BCUT2D eigenvalue weighted by Gasteiger charge is -2.24. The number of carbonyl (C=O) groups excluding carboxylic acids is 1. The first-order valence-electron chi connectivity index (χ1n) is 7.23. The average Bonchev–Trinajstić information content (AvgIpc) is 2.80. The number of nitrogens with one attached hydrogen (secondary N) is 2. The van der Waals surface area contributed by atoms with Crippen LogP contribution in [0, 0.1) is 0 Å². The summed E-state index contributed by atoms with van der Waals surface area (Å²) in [7, 11) is 1.74. The van der Waals surface area contributed by atoms with Gasteiger partial charge in [-0.05, 0) is 39.4 Å². The number of rotatable bonds is 6. The Labute approximate surface area is 149 Å². The highest BCUT2D eigenvalue weighted by atomic mass is 127. The minimum absolute atomic E-state index is 0. The van der Waals surface area contributed by atoms with Crippen LogP contribution in [-0.4, -0.2) is 48.7 Å². The first kappa shape index (κ1) is 20.8. The van der Waals surface area contributed by atoms with Crippen LogP contribution in [-0.2, 0) is 9.53 Å². The maximum Gasteiger partial charge on any atom is 0.307 e. The Balaban J connectivity index is 0.00000400. The molecular weight excluding hydrogens is 401 g/mol. The Morgan fingerprint density at radius 3 is 2.67 bits per heavy atom. The standard InChI is InChI=1S/C14H27N3O2S.HI/c1-11(2)19-12(18)6-8-16-13(15-4)17-10-14(3)7-5-9-20-14;/h11H,5-10H2,1-4H3,(H2,15,16,17);1H. The summed E-state index contributed by atoms with van der Waals surface area (Å²) in [6.07, 6.45) is 2.82. The van der Waals surface area contributed by atoms with Crippen LogP contribution in [0.3, 0.4) is 0 Å². The summed E-state index contributed by atoms with van der Waals surface area (Å²) in [6, 6.07) is 0. The molecule has 7 heteroatoms. The molecule has 0 bridgehead atoms. The molecule has 0 saturated carbocycles. The summed E-state index contributed by atoms with van der Waals surface area (Å²) in [5.41, 5.74) is 0. The number of hydrogen-bond donors (Lipinski definition) is 2. The van der Waals surface area contributed by atoms with E-state index in [1.807, 2.05) is 25.6 Å². The second kappa shape index (κ2) is 10.5. The van der Waals surface area contributed by atoms with Crippen LogP contribution in [0.15, 0.2) is 4.99 Å². The Kier molecular flexibility index (Phi) is 10.4. The molecule has 1 unspecified atom stereocenters. The number of ether oxygens (including phenoxy) is 1. The number of thioether (sulfide) groups is 1. The van der Waals surface area contributed by atoms with Gasteiger partial charge in [0.15, 0.2) is 5.96 Å². The van der Waals surface area contributed by atoms with Gasteiger partial charge in [-0.15, -0.1) is 24.0 Å². The summed E-state index contributed by atoms with van der Waals surface area (Å²) in [5, 5.41) is 6.48. The Morgan fingerprint density at radius 1 is 1.43 bits per heavy atom. The smallest absolute Gasteiger partial charge is 0.307 e. The normalized spacial score (nSPS) is 21.9. The maximum absolute atomic E-state index is 11.4. The van der Waals surface area contributed by atoms with Crippen LogP contribution in [0.2, 0.25) is 0 Å². The summed E-state index contributed by atoms with van der Waals surface area (Å²) >= 11 is 2.01. The molecule has 124 valence electrons. The Morgan fingerprint density at radius 2 is 2.14 bits per heavy atom. The predicted molar refractivity (Wildman–Crippen MR) is 101 cm³/mol. The molecule has 1 atom stereocenters. The van der Waals surface area contributed by atoms with E-state index in [9.17, 15) is 4.79 Å². The molecule has 1 heterocycles. The van der Waals surface area contributed by atoms with Crippen LogP contribution < -0.4 is 10.6 Å². The molecule has 1 aliphatic rings. The lowest BCUT2D eigenvalue weighted by atomic mass is 10.1. The SMILES string of the molecule is CN=C(NCCC(=O)OC(C)C)NCC1(C)CCCS1.I. The highest BCUT2D eigenvalue weighted by Gasteiger charge is 2.29. The first-order valence-corrected chi connectivity index (χ1v) is 8.22. The minimum Gasteiger partial charge on any atom is -0.463 e. The van der Waals surface area contributed by atoms with Crippen LogP contribution in [0.4, 0.5) is 0 Å². The van der Waals surface area contributed by atoms with E-state index >= 15 is 0 Å². The quantitative estimate of drug-likeness (QED) is 0.294. The first-order chi connectivity index (χ1) is 9.45. The highest BCUT2D eigenvalue weighted by molar-refractivity contribution is 14.0. The summed E-state index contributed by atoms with van der Waals surface area (Å²) in [6.45, 7) is 7.42. The second-order valence-electron chi connectivity index (χ2n) is 5.54. The number of guanidine groups is 1. The van der Waals surface area contributed by atoms with Crippen molar-refractivity contribution in [2.45, 2.75) is 50.9 Å². The van der Waals surface area contributed by atoms with Gasteiger partial charge in [-0.1, -0.05) is 0 Å². The zero-order valence-electron chi connectivity index (χ0n) is 13.4. The van der Waals surface area contributed by atoms with Crippen molar-refractivity contribution >= 4 is 47.7 Å². The Bertz CT molecular complexity index is 345. The molecule has 0 amide bonds. The summed E-state index contributed by atoms with van der Waals surface area (Å²) in [5.74, 6) is 1.81. The van der Waals surface area contributed by atoms with Gasteiger partial charge in [0.05, 0.1) is 12.5 Å². The topological polar surface area (TPSA) is 62.7 Å². The number of aliphatic imine (C=N–C) groups is 1. The molecule has 21 heavy (non-hydrogen) atoms. The van der Waals surface area contributed by atoms with Crippen LogP contribution in [0.1, 0.15) is 40.0 Å². The molecule has 0 aromatic rings. The van der Waals surface area contributed by atoms with Crippen molar-refractivity contribution in [2.24, 2.45) is 4.99 Å². The molecule has 0 aromatic carbocycles. The van der Waals surface area contributed by atoms with Gasteiger partial charge in [0, 0.05) is 24.9 Å². The molecule has 5 nitrogen and oxygen atoms in total. The van der Waals surface area contributed by atoms with Crippen molar-refractivity contribution in [3.8, 4) is 0 Å². The van der Waals surface area contributed by atoms with Gasteiger partial charge in [0.2, 0.25) is 0 Å². The third-order valence-electron chi connectivity index (χ3n) is 3.14. The van der Waals surface area contributed by atoms with Crippen molar-refractivity contribution in [3.63, 3.8) is 0 Å². The average molecular weight is 429 g/mol. The molecule has 1 rings (SSSR count). The lowest BCUT2D eigenvalue weighted by Crippen LogP contribution is -2.44. The van der Waals surface area contributed by atoms with Crippen LogP contribution >= 0.6 is 35.7 Å². The van der Waals surface area contributed by atoms with Gasteiger partial charge in [-0.3, -0.25) is 9.79 Å². The van der Waals surface area contributed by atoms with Gasteiger partial charge in [-0.2, -0.15) is 11.8 Å². The van der Waals surface area contributed by atoms with E-state index in [4.69, 9.17) is 4.74 Å². The third kappa shape index (κ3) is 8.75. The van der Waals surface area contributed by atoms with E-state index in [-0.39, 0.29) is 36.0 Å². The maximum atomic E-state index is 11.4. The van der Waals surface area contributed by atoms with Gasteiger partial charge in [0.1, 0.15) is 0 Å².